The molecule has 1 atom stereocenters. The van der Waals surface area contributed by atoms with Gasteiger partial charge in [0.25, 0.3) is 0 Å². The van der Waals surface area contributed by atoms with Crippen molar-refractivity contribution in [2.45, 2.75) is 62.8 Å². The molecule has 4 saturated carbocycles. The Labute approximate surface area is 162 Å². The molecule has 4 fully saturated rings. The van der Waals surface area contributed by atoms with E-state index in [1.165, 1.54) is 45.6 Å². The first-order valence-electron chi connectivity index (χ1n) is 10.1. The van der Waals surface area contributed by atoms with Crippen LogP contribution in [0.15, 0.2) is 23.1 Å². The zero-order chi connectivity index (χ0) is 19.2. The number of methoxy groups -OCH3 is 2. The molecule has 150 valence electrons. The second kappa shape index (κ2) is 6.96. The maximum atomic E-state index is 13.2. The van der Waals surface area contributed by atoms with Gasteiger partial charge in [0, 0.05) is 12.1 Å². The molecule has 0 spiro atoms. The first-order valence-corrected chi connectivity index (χ1v) is 11.6. The largest absolute Gasteiger partial charge is 0.493 e. The molecule has 1 aromatic carbocycles. The molecule has 0 aromatic heterocycles. The third kappa shape index (κ3) is 3.35. The third-order valence-corrected chi connectivity index (χ3v) is 8.67. The first-order chi connectivity index (χ1) is 12.9. The van der Waals surface area contributed by atoms with Gasteiger partial charge in [-0.25, -0.2) is 13.1 Å². The molecule has 0 saturated heterocycles. The van der Waals surface area contributed by atoms with Crippen molar-refractivity contribution in [2.24, 2.45) is 23.2 Å². The standard InChI is InChI=1S/C21H31NO4S/c1-4-20(21-11-14-7-15(12-21)9-16(8-14)13-21)22-27(23,24)17-5-6-18(25-2)19(10-17)26-3/h5-6,10,14-16,20,22H,4,7-9,11-13H2,1-3H3. The van der Waals surface area contributed by atoms with Crippen LogP contribution in [0, 0.1) is 23.2 Å². The summed E-state index contributed by atoms with van der Waals surface area (Å²) in [5, 5.41) is 0. The molecule has 5 rings (SSSR count). The summed E-state index contributed by atoms with van der Waals surface area (Å²) in [6.45, 7) is 2.11. The van der Waals surface area contributed by atoms with Gasteiger partial charge < -0.3 is 9.47 Å². The second-order valence-electron chi connectivity index (χ2n) is 8.88. The summed E-state index contributed by atoms with van der Waals surface area (Å²) in [4.78, 5) is 0.239. The molecule has 0 aliphatic heterocycles. The Morgan fingerprint density at radius 1 is 1.04 bits per heavy atom. The van der Waals surface area contributed by atoms with Crippen molar-refractivity contribution in [3.05, 3.63) is 18.2 Å². The highest BCUT2D eigenvalue weighted by Crippen LogP contribution is 2.61. The molecule has 4 aliphatic carbocycles. The van der Waals surface area contributed by atoms with E-state index in [-0.39, 0.29) is 16.4 Å². The lowest BCUT2D eigenvalue weighted by atomic mass is 9.47. The van der Waals surface area contributed by atoms with Gasteiger partial charge in [0.05, 0.1) is 19.1 Å². The lowest BCUT2D eigenvalue weighted by molar-refractivity contribution is -0.0704. The van der Waals surface area contributed by atoms with E-state index in [9.17, 15) is 8.42 Å². The molecule has 0 amide bonds. The monoisotopic (exact) mass is 393 g/mol. The third-order valence-electron chi connectivity index (χ3n) is 7.20. The number of hydrogen-bond acceptors (Lipinski definition) is 4. The average molecular weight is 394 g/mol. The van der Waals surface area contributed by atoms with E-state index >= 15 is 0 Å². The van der Waals surface area contributed by atoms with Crippen molar-refractivity contribution in [1.29, 1.82) is 0 Å². The van der Waals surface area contributed by atoms with Crippen molar-refractivity contribution < 1.29 is 17.9 Å². The molecule has 5 nitrogen and oxygen atoms in total. The normalized spacial score (nSPS) is 33.1. The summed E-state index contributed by atoms with van der Waals surface area (Å²) < 4.78 is 39.9. The van der Waals surface area contributed by atoms with E-state index in [1.54, 1.807) is 25.3 Å². The fourth-order valence-electron chi connectivity index (χ4n) is 6.48. The lowest BCUT2D eigenvalue weighted by Crippen LogP contribution is -2.56. The summed E-state index contributed by atoms with van der Waals surface area (Å²) in [7, 11) is -0.542. The maximum absolute atomic E-state index is 13.2. The summed E-state index contributed by atoms with van der Waals surface area (Å²) in [6.07, 6.45) is 8.47. The van der Waals surface area contributed by atoms with Gasteiger partial charge in [-0.15, -0.1) is 0 Å². The van der Waals surface area contributed by atoms with Crippen LogP contribution in [-0.4, -0.2) is 28.7 Å². The predicted octanol–water partition coefficient (Wildman–Crippen LogP) is 3.98. The van der Waals surface area contributed by atoms with Crippen molar-refractivity contribution >= 4 is 10.0 Å². The fourth-order valence-corrected chi connectivity index (χ4v) is 7.92. The number of benzene rings is 1. The molecule has 6 heteroatoms. The van der Waals surface area contributed by atoms with Gasteiger partial charge in [0.15, 0.2) is 11.5 Å². The molecule has 0 radical (unpaired) electrons. The van der Waals surface area contributed by atoms with E-state index in [4.69, 9.17) is 9.47 Å². The Morgan fingerprint density at radius 3 is 2.07 bits per heavy atom. The zero-order valence-electron chi connectivity index (χ0n) is 16.5. The van der Waals surface area contributed by atoms with Gasteiger partial charge >= 0.3 is 0 Å². The van der Waals surface area contributed by atoms with E-state index in [1.807, 2.05) is 0 Å². The highest BCUT2D eigenvalue weighted by Gasteiger charge is 2.54. The van der Waals surface area contributed by atoms with Gasteiger partial charge in [0.2, 0.25) is 10.0 Å². The van der Waals surface area contributed by atoms with Crippen LogP contribution in [0.1, 0.15) is 51.9 Å². The molecular formula is C21H31NO4S. The minimum atomic E-state index is -3.61. The van der Waals surface area contributed by atoms with Gasteiger partial charge in [-0.1, -0.05) is 6.92 Å². The van der Waals surface area contributed by atoms with E-state index in [2.05, 4.69) is 11.6 Å². The minimum Gasteiger partial charge on any atom is -0.493 e. The number of hydrogen-bond donors (Lipinski definition) is 1. The molecule has 0 heterocycles. The van der Waals surface area contributed by atoms with Crippen LogP contribution in [0.3, 0.4) is 0 Å². The highest BCUT2D eigenvalue weighted by atomic mass is 32.2. The van der Waals surface area contributed by atoms with Crippen LogP contribution in [0.4, 0.5) is 0 Å². The Balaban J connectivity index is 1.60. The average Bonchev–Trinajstić information content (AvgIpc) is 2.64. The number of sulfonamides is 1. The van der Waals surface area contributed by atoms with Crippen molar-refractivity contribution in [3.63, 3.8) is 0 Å². The Bertz CT molecular complexity index is 769. The molecule has 1 N–H and O–H groups in total. The molecular weight excluding hydrogens is 362 g/mol. The molecule has 4 bridgehead atoms. The van der Waals surface area contributed by atoms with E-state index in [0.29, 0.717) is 11.5 Å². The van der Waals surface area contributed by atoms with E-state index < -0.39 is 10.0 Å². The first kappa shape index (κ1) is 19.1. The van der Waals surface area contributed by atoms with Crippen LogP contribution in [0.25, 0.3) is 0 Å². The second-order valence-corrected chi connectivity index (χ2v) is 10.6. The summed E-state index contributed by atoms with van der Waals surface area (Å²) in [5.41, 5.74) is 0.146. The Hall–Kier alpha value is -1.27. The summed E-state index contributed by atoms with van der Waals surface area (Å²) in [5.74, 6) is 3.37. The van der Waals surface area contributed by atoms with Gasteiger partial charge in [-0.2, -0.15) is 0 Å². The quantitative estimate of drug-likeness (QED) is 0.761. The Morgan fingerprint density at radius 2 is 1.59 bits per heavy atom. The van der Waals surface area contributed by atoms with Crippen molar-refractivity contribution in [3.8, 4) is 11.5 Å². The summed E-state index contributed by atoms with van der Waals surface area (Å²) >= 11 is 0. The van der Waals surface area contributed by atoms with E-state index in [0.717, 1.165) is 24.2 Å². The summed E-state index contributed by atoms with van der Waals surface area (Å²) in [6, 6.07) is 4.80. The lowest BCUT2D eigenvalue weighted by Gasteiger charge is -2.59. The van der Waals surface area contributed by atoms with Gasteiger partial charge in [0.1, 0.15) is 0 Å². The topological polar surface area (TPSA) is 64.6 Å². The number of rotatable bonds is 7. The van der Waals surface area contributed by atoms with Crippen LogP contribution >= 0.6 is 0 Å². The van der Waals surface area contributed by atoms with Crippen LogP contribution in [0.5, 0.6) is 11.5 Å². The van der Waals surface area contributed by atoms with Crippen molar-refractivity contribution in [1.82, 2.24) is 4.72 Å². The number of ether oxygens (including phenoxy) is 2. The molecule has 1 unspecified atom stereocenters. The molecule has 1 aromatic rings. The predicted molar refractivity (Wildman–Crippen MR) is 105 cm³/mol. The van der Waals surface area contributed by atoms with Crippen LogP contribution < -0.4 is 14.2 Å². The fraction of sp³-hybridized carbons (Fsp3) is 0.714. The SMILES string of the molecule is CCC(NS(=O)(=O)c1ccc(OC)c(OC)c1)C12CC3CC(CC(C3)C1)C2. The maximum Gasteiger partial charge on any atom is 0.240 e. The van der Waals surface area contributed by atoms with Gasteiger partial charge in [-0.05, 0) is 80.2 Å². The molecule has 4 aliphatic rings. The zero-order valence-corrected chi connectivity index (χ0v) is 17.3. The van der Waals surface area contributed by atoms with Crippen molar-refractivity contribution in [2.75, 3.05) is 14.2 Å². The molecule has 27 heavy (non-hydrogen) atoms. The van der Waals surface area contributed by atoms with Gasteiger partial charge in [-0.3, -0.25) is 0 Å². The number of nitrogens with one attached hydrogen (secondary N) is 1. The van der Waals surface area contributed by atoms with Crippen LogP contribution in [-0.2, 0) is 10.0 Å². The highest BCUT2D eigenvalue weighted by molar-refractivity contribution is 7.89. The smallest absolute Gasteiger partial charge is 0.240 e. The van der Waals surface area contributed by atoms with Crippen LogP contribution in [0.2, 0.25) is 0 Å². The minimum absolute atomic E-state index is 0.00370. The Kier molecular flexibility index (Phi) is 4.91.